The van der Waals surface area contributed by atoms with Gasteiger partial charge in [0.1, 0.15) is 24.0 Å². The summed E-state index contributed by atoms with van der Waals surface area (Å²) >= 11 is 0. The molecule has 0 aliphatic rings. The zero-order valence-electron chi connectivity index (χ0n) is 15.8. The van der Waals surface area contributed by atoms with E-state index in [4.69, 9.17) is 28.9 Å². The zero-order valence-corrected chi connectivity index (χ0v) is 16.8. The van der Waals surface area contributed by atoms with Gasteiger partial charge in [-0.15, -0.1) is 0 Å². The summed E-state index contributed by atoms with van der Waals surface area (Å²) in [5.41, 5.74) is 4.46. The van der Waals surface area contributed by atoms with Gasteiger partial charge in [0.05, 0.1) is 6.61 Å². The lowest BCUT2D eigenvalue weighted by Gasteiger charge is -2.37. The molecule has 0 bridgehead atoms. The molecule has 0 saturated heterocycles. The molecule has 0 aromatic heterocycles. The molecule has 1 unspecified atom stereocenters. The number of ether oxygens (including phenoxy) is 1. The highest BCUT2D eigenvalue weighted by molar-refractivity contribution is 6.62. The molecule has 0 aromatic rings. The maximum Gasteiger partial charge on any atom is 0.531 e. The molecule has 10 nitrogen and oxygen atoms in total. The van der Waals surface area contributed by atoms with E-state index in [1.165, 1.54) is 0 Å². The number of rotatable bonds is 15. The molecular formula is C15H33NO9Si. The first-order valence-corrected chi connectivity index (χ1v) is 10.6. The summed E-state index contributed by atoms with van der Waals surface area (Å²) in [6.45, 7) is 7.06. The van der Waals surface area contributed by atoms with Crippen molar-refractivity contribution in [2.24, 2.45) is 5.73 Å². The molecule has 11 heteroatoms. The molecule has 0 heterocycles. The molecule has 0 saturated carbocycles. The summed E-state index contributed by atoms with van der Waals surface area (Å²) in [7, 11) is -3.38. The lowest BCUT2D eigenvalue weighted by atomic mass is 10.0. The van der Waals surface area contributed by atoms with Gasteiger partial charge >= 0.3 is 8.80 Å². The average Bonchev–Trinajstić information content (AvgIpc) is 2.60. The minimum Gasteiger partial charge on any atom is -0.394 e. The Kier molecular flexibility index (Phi) is 12.4. The Labute approximate surface area is 155 Å². The number of hydrogen-bond acceptors (Lipinski definition) is 9. The molecule has 1 amide bonds. The van der Waals surface area contributed by atoms with Crippen molar-refractivity contribution in [3.63, 3.8) is 0 Å². The second kappa shape index (κ2) is 12.7. The number of carbonyl (C=O) groups is 1. The van der Waals surface area contributed by atoms with Crippen molar-refractivity contribution in [3.8, 4) is 0 Å². The van der Waals surface area contributed by atoms with Gasteiger partial charge in [0.25, 0.3) is 0 Å². The minimum atomic E-state index is -3.38. The number of primary amides is 1. The van der Waals surface area contributed by atoms with Crippen molar-refractivity contribution in [3.05, 3.63) is 0 Å². The van der Waals surface area contributed by atoms with Gasteiger partial charge in [-0.25, -0.2) is 0 Å². The van der Waals surface area contributed by atoms with Crippen LogP contribution in [0.3, 0.4) is 0 Å². The lowest BCUT2D eigenvalue weighted by molar-refractivity contribution is -0.163. The van der Waals surface area contributed by atoms with E-state index < -0.39 is 51.5 Å². The molecule has 26 heavy (non-hydrogen) atoms. The predicted molar refractivity (Wildman–Crippen MR) is 93.9 cm³/mol. The van der Waals surface area contributed by atoms with Crippen LogP contribution in [0.4, 0.5) is 0 Å². The molecule has 0 rings (SSSR count). The van der Waals surface area contributed by atoms with Gasteiger partial charge in [0.2, 0.25) is 5.91 Å². The number of aliphatic hydroxyl groups is 4. The Bertz CT molecular complexity index is 384. The van der Waals surface area contributed by atoms with E-state index in [2.05, 4.69) is 0 Å². The van der Waals surface area contributed by atoms with E-state index in [9.17, 15) is 20.1 Å². The van der Waals surface area contributed by atoms with Gasteiger partial charge in [-0.2, -0.15) is 0 Å². The van der Waals surface area contributed by atoms with Crippen molar-refractivity contribution < 1.29 is 43.2 Å². The van der Waals surface area contributed by atoms with E-state index in [0.29, 0.717) is 6.42 Å². The second-order valence-electron chi connectivity index (χ2n) is 5.49. The van der Waals surface area contributed by atoms with Crippen LogP contribution < -0.4 is 5.73 Å². The molecule has 6 N–H and O–H groups in total. The first kappa shape index (κ1) is 25.4. The summed E-state index contributed by atoms with van der Waals surface area (Å²) in [6, 6.07) is 0. The number of carbonyl (C=O) groups excluding carboxylic acids is 1. The maximum absolute atomic E-state index is 11.8. The molecule has 0 spiro atoms. The first-order chi connectivity index (χ1) is 12.2. The fourth-order valence-corrected chi connectivity index (χ4v) is 5.27. The highest BCUT2D eigenvalue weighted by Crippen LogP contribution is 2.23. The number of aliphatic hydroxyl groups excluding tert-OH is 4. The Morgan fingerprint density at radius 1 is 0.962 bits per heavy atom. The van der Waals surface area contributed by atoms with Crippen molar-refractivity contribution >= 4 is 14.7 Å². The van der Waals surface area contributed by atoms with Crippen LogP contribution in [0.1, 0.15) is 34.1 Å². The van der Waals surface area contributed by atoms with Crippen LogP contribution in [0.5, 0.6) is 0 Å². The summed E-state index contributed by atoms with van der Waals surface area (Å²) in [5, 5.41) is 38.5. The smallest absolute Gasteiger partial charge is 0.394 e. The van der Waals surface area contributed by atoms with Crippen molar-refractivity contribution in [1.82, 2.24) is 0 Å². The second-order valence-corrected chi connectivity index (χ2v) is 8.21. The quantitative estimate of drug-likeness (QED) is 0.202. The van der Waals surface area contributed by atoms with Gasteiger partial charge in [0.15, 0.2) is 6.10 Å². The topological polar surface area (TPSA) is 161 Å². The number of nitrogens with two attached hydrogens (primary N) is 1. The van der Waals surface area contributed by atoms with Crippen LogP contribution in [-0.2, 0) is 22.8 Å². The zero-order chi connectivity index (χ0) is 20.3. The lowest BCUT2D eigenvalue weighted by Crippen LogP contribution is -2.61. The van der Waals surface area contributed by atoms with E-state index >= 15 is 0 Å². The van der Waals surface area contributed by atoms with Gasteiger partial charge in [-0.05, 0) is 27.2 Å². The highest BCUT2D eigenvalue weighted by atomic mass is 28.4. The van der Waals surface area contributed by atoms with E-state index in [-0.39, 0.29) is 19.8 Å². The summed E-state index contributed by atoms with van der Waals surface area (Å²) in [6.07, 6.45) is -6.70. The Hall–Kier alpha value is -0.633. The molecule has 5 atom stereocenters. The van der Waals surface area contributed by atoms with Crippen LogP contribution in [0.25, 0.3) is 0 Å². The largest absolute Gasteiger partial charge is 0.531 e. The summed E-state index contributed by atoms with van der Waals surface area (Å²) < 4.78 is 22.9. The highest BCUT2D eigenvalue weighted by Gasteiger charge is 2.52. The number of amides is 1. The first-order valence-electron chi connectivity index (χ1n) is 8.76. The molecule has 0 radical (unpaired) electrons. The molecule has 0 fully saturated rings. The summed E-state index contributed by atoms with van der Waals surface area (Å²) in [5.74, 6) is -1.05. The standard InChI is InChI=1S/C15H33NO9Si/c1-5-11(26(22-6-2,23-7-3)24-8-4)25-14(15(16)21)13(20)12(19)10(18)9-17/h10-14,17-20H,5-9H2,1-4H3,(H2,16,21)/t10-,11?,12-,13+,14-/m1/s1. The molecule has 0 aliphatic heterocycles. The predicted octanol–water partition coefficient (Wildman–Crippen LogP) is -1.70. The van der Waals surface area contributed by atoms with Crippen molar-refractivity contribution in [1.29, 1.82) is 0 Å². The maximum atomic E-state index is 11.8. The van der Waals surface area contributed by atoms with Crippen LogP contribution in [0.15, 0.2) is 0 Å². The van der Waals surface area contributed by atoms with Crippen LogP contribution in [0, 0.1) is 0 Å². The van der Waals surface area contributed by atoms with Gasteiger partial charge in [-0.1, -0.05) is 6.92 Å². The van der Waals surface area contributed by atoms with Gasteiger partial charge < -0.3 is 44.2 Å². The Morgan fingerprint density at radius 3 is 1.73 bits per heavy atom. The van der Waals surface area contributed by atoms with E-state index in [1.807, 2.05) is 0 Å². The SMILES string of the molecule is CCO[Si](OCC)(OCC)C(CC)O[C@@H](C(N)=O)[C@@H](O)[C@H](O)[C@H](O)CO. The normalized spacial score (nSPS) is 18.2. The van der Waals surface area contributed by atoms with E-state index in [1.54, 1.807) is 27.7 Å². The third kappa shape index (κ3) is 6.83. The van der Waals surface area contributed by atoms with Crippen molar-refractivity contribution in [2.75, 3.05) is 26.4 Å². The monoisotopic (exact) mass is 399 g/mol. The molecule has 0 aromatic carbocycles. The third-order valence-corrected chi connectivity index (χ3v) is 7.04. The summed E-state index contributed by atoms with van der Waals surface area (Å²) in [4.78, 5) is 11.8. The Morgan fingerprint density at radius 2 is 1.42 bits per heavy atom. The molecule has 156 valence electrons. The van der Waals surface area contributed by atoms with Crippen LogP contribution in [-0.4, -0.2) is 91.7 Å². The van der Waals surface area contributed by atoms with Gasteiger partial charge in [0, 0.05) is 19.8 Å². The number of hydrogen-bond donors (Lipinski definition) is 5. The average molecular weight is 400 g/mol. The fraction of sp³-hybridized carbons (Fsp3) is 0.933. The Balaban J connectivity index is 5.61. The van der Waals surface area contributed by atoms with Crippen molar-refractivity contribution in [2.45, 2.75) is 64.3 Å². The minimum absolute atomic E-state index is 0.279. The van der Waals surface area contributed by atoms with E-state index in [0.717, 1.165) is 0 Å². The fourth-order valence-electron chi connectivity index (χ4n) is 2.44. The van der Waals surface area contributed by atoms with Crippen LogP contribution >= 0.6 is 0 Å². The van der Waals surface area contributed by atoms with Gasteiger partial charge in [-0.3, -0.25) is 4.79 Å². The third-order valence-electron chi connectivity index (χ3n) is 3.63. The molecule has 0 aliphatic carbocycles. The van der Waals surface area contributed by atoms with Crippen LogP contribution in [0.2, 0.25) is 0 Å². The molecular weight excluding hydrogens is 366 g/mol.